The first-order chi connectivity index (χ1) is 9.16. The van der Waals surface area contributed by atoms with Gasteiger partial charge in [-0.05, 0) is 36.2 Å². The summed E-state index contributed by atoms with van der Waals surface area (Å²) in [5, 5.41) is 0. The molecule has 0 N–H and O–H groups in total. The SMILES string of the molecule is CN(C(=O)CCc1ccncc1)c1cc(Br)ccn1. The largest absolute Gasteiger partial charge is 0.300 e. The van der Waals surface area contributed by atoms with Crippen LogP contribution in [-0.2, 0) is 11.2 Å². The number of anilines is 1. The van der Waals surface area contributed by atoms with Gasteiger partial charge in [-0.3, -0.25) is 14.7 Å². The van der Waals surface area contributed by atoms with E-state index >= 15 is 0 Å². The van der Waals surface area contributed by atoms with Crippen LogP contribution in [0.15, 0.2) is 47.3 Å². The fourth-order valence-electron chi connectivity index (χ4n) is 1.67. The van der Waals surface area contributed by atoms with Crippen molar-refractivity contribution < 1.29 is 4.79 Å². The van der Waals surface area contributed by atoms with Crippen molar-refractivity contribution in [1.29, 1.82) is 0 Å². The smallest absolute Gasteiger partial charge is 0.228 e. The molecule has 0 bridgehead atoms. The molecule has 0 aliphatic heterocycles. The molecule has 98 valence electrons. The molecule has 0 aliphatic rings. The average molecular weight is 320 g/mol. The zero-order chi connectivity index (χ0) is 13.7. The Balaban J connectivity index is 1.96. The third kappa shape index (κ3) is 3.86. The van der Waals surface area contributed by atoms with E-state index < -0.39 is 0 Å². The van der Waals surface area contributed by atoms with Crippen LogP contribution >= 0.6 is 15.9 Å². The summed E-state index contributed by atoms with van der Waals surface area (Å²) in [6, 6.07) is 7.50. The lowest BCUT2D eigenvalue weighted by Gasteiger charge is -2.16. The summed E-state index contributed by atoms with van der Waals surface area (Å²) in [5.41, 5.74) is 1.11. The van der Waals surface area contributed by atoms with Crippen molar-refractivity contribution in [2.24, 2.45) is 0 Å². The van der Waals surface area contributed by atoms with Crippen LogP contribution in [0.1, 0.15) is 12.0 Å². The third-order valence-corrected chi connectivity index (χ3v) is 3.30. The predicted octanol–water partition coefficient (Wildman–Crippen LogP) is 2.83. The summed E-state index contributed by atoms with van der Waals surface area (Å²) < 4.78 is 0.909. The maximum Gasteiger partial charge on any atom is 0.228 e. The van der Waals surface area contributed by atoms with Gasteiger partial charge in [0.2, 0.25) is 5.91 Å². The maximum absolute atomic E-state index is 12.1. The first-order valence-electron chi connectivity index (χ1n) is 5.94. The number of hydrogen-bond acceptors (Lipinski definition) is 3. The molecule has 2 aromatic rings. The predicted molar refractivity (Wildman–Crippen MR) is 77.9 cm³/mol. The lowest BCUT2D eigenvalue weighted by Crippen LogP contribution is -2.27. The zero-order valence-corrected chi connectivity index (χ0v) is 12.2. The second kappa shape index (κ2) is 6.43. The Morgan fingerprint density at radius 1 is 1.26 bits per heavy atom. The number of halogens is 1. The molecule has 4 nitrogen and oxygen atoms in total. The van der Waals surface area contributed by atoms with Gasteiger partial charge in [-0.25, -0.2) is 4.98 Å². The Kier molecular flexibility index (Phi) is 4.63. The minimum absolute atomic E-state index is 0.0439. The van der Waals surface area contributed by atoms with E-state index in [1.807, 2.05) is 24.3 Å². The van der Waals surface area contributed by atoms with E-state index in [1.54, 1.807) is 30.5 Å². The van der Waals surface area contributed by atoms with Gasteiger partial charge in [0.15, 0.2) is 0 Å². The number of aromatic nitrogens is 2. The van der Waals surface area contributed by atoms with Crippen molar-refractivity contribution in [3.05, 3.63) is 52.9 Å². The number of rotatable bonds is 4. The molecule has 0 aliphatic carbocycles. The van der Waals surface area contributed by atoms with Gasteiger partial charge in [0.25, 0.3) is 0 Å². The Bertz CT molecular complexity index is 560. The molecular weight excluding hydrogens is 306 g/mol. The molecule has 1 amide bonds. The van der Waals surface area contributed by atoms with Crippen molar-refractivity contribution >= 4 is 27.7 Å². The first-order valence-corrected chi connectivity index (χ1v) is 6.73. The molecule has 0 unspecified atom stereocenters. The van der Waals surface area contributed by atoms with E-state index in [-0.39, 0.29) is 5.91 Å². The number of amides is 1. The van der Waals surface area contributed by atoms with Gasteiger partial charge in [0, 0.05) is 36.5 Å². The number of nitrogens with zero attached hydrogens (tertiary/aromatic N) is 3. The highest BCUT2D eigenvalue weighted by atomic mass is 79.9. The molecule has 2 rings (SSSR count). The molecule has 5 heteroatoms. The van der Waals surface area contributed by atoms with E-state index in [0.29, 0.717) is 18.7 Å². The van der Waals surface area contributed by atoms with E-state index in [0.717, 1.165) is 10.0 Å². The third-order valence-electron chi connectivity index (χ3n) is 2.80. The highest BCUT2D eigenvalue weighted by Gasteiger charge is 2.12. The summed E-state index contributed by atoms with van der Waals surface area (Å²) in [5.74, 6) is 0.691. The minimum Gasteiger partial charge on any atom is -0.300 e. The Hall–Kier alpha value is -1.75. The highest BCUT2D eigenvalue weighted by molar-refractivity contribution is 9.10. The second-order valence-electron chi connectivity index (χ2n) is 4.14. The maximum atomic E-state index is 12.1. The fraction of sp³-hybridized carbons (Fsp3) is 0.214. The number of pyridine rings is 2. The van der Waals surface area contributed by atoms with Gasteiger partial charge in [-0.15, -0.1) is 0 Å². The monoisotopic (exact) mass is 319 g/mol. The van der Waals surface area contributed by atoms with Crippen molar-refractivity contribution in [3.63, 3.8) is 0 Å². The molecular formula is C14H14BrN3O. The summed E-state index contributed by atoms with van der Waals surface area (Å²) in [4.78, 5) is 21.8. The molecule has 0 saturated heterocycles. The van der Waals surface area contributed by atoms with Crippen molar-refractivity contribution in [1.82, 2.24) is 9.97 Å². The lowest BCUT2D eigenvalue weighted by atomic mass is 10.1. The van der Waals surface area contributed by atoms with Crippen LogP contribution in [-0.4, -0.2) is 22.9 Å². The van der Waals surface area contributed by atoms with Gasteiger partial charge in [-0.2, -0.15) is 0 Å². The number of aryl methyl sites for hydroxylation is 1. The van der Waals surface area contributed by atoms with Gasteiger partial charge in [0.1, 0.15) is 5.82 Å². The van der Waals surface area contributed by atoms with Crippen LogP contribution in [0.5, 0.6) is 0 Å². The number of hydrogen-bond donors (Lipinski definition) is 0. The van der Waals surface area contributed by atoms with Crippen LogP contribution in [0.2, 0.25) is 0 Å². The van der Waals surface area contributed by atoms with Crippen LogP contribution in [0.3, 0.4) is 0 Å². The van der Waals surface area contributed by atoms with Crippen molar-refractivity contribution in [2.45, 2.75) is 12.8 Å². The van der Waals surface area contributed by atoms with Crippen LogP contribution in [0, 0.1) is 0 Å². The van der Waals surface area contributed by atoms with Crippen LogP contribution in [0.25, 0.3) is 0 Å². The molecule has 0 saturated carbocycles. The molecule has 19 heavy (non-hydrogen) atoms. The van der Waals surface area contributed by atoms with E-state index in [1.165, 1.54) is 0 Å². The normalized spacial score (nSPS) is 10.2. The van der Waals surface area contributed by atoms with Crippen LogP contribution in [0.4, 0.5) is 5.82 Å². The first kappa shape index (κ1) is 13.7. The fourth-order valence-corrected chi connectivity index (χ4v) is 2.00. The number of carbonyl (C=O) groups is 1. The minimum atomic E-state index is 0.0439. The van der Waals surface area contributed by atoms with E-state index in [9.17, 15) is 4.79 Å². The molecule has 0 aromatic carbocycles. The van der Waals surface area contributed by atoms with Gasteiger partial charge >= 0.3 is 0 Å². The Morgan fingerprint density at radius 2 is 2.00 bits per heavy atom. The molecule has 2 aromatic heterocycles. The second-order valence-corrected chi connectivity index (χ2v) is 5.06. The lowest BCUT2D eigenvalue weighted by molar-refractivity contribution is -0.118. The van der Waals surface area contributed by atoms with Gasteiger partial charge in [0.05, 0.1) is 0 Å². The Labute approximate surface area is 120 Å². The van der Waals surface area contributed by atoms with Gasteiger partial charge in [-0.1, -0.05) is 15.9 Å². The topological polar surface area (TPSA) is 46.1 Å². The number of carbonyl (C=O) groups excluding carboxylic acids is 1. The summed E-state index contributed by atoms with van der Waals surface area (Å²) in [7, 11) is 1.74. The molecule has 0 spiro atoms. The van der Waals surface area contributed by atoms with E-state index in [4.69, 9.17) is 0 Å². The van der Waals surface area contributed by atoms with Crippen LogP contribution < -0.4 is 4.90 Å². The Morgan fingerprint density at radius 3 is 2.68 bits per heavy atom. The molecule has 0 radical (unpaired) electrons. The van der Waals surface area contributed by atoms with Crippen molar-refractivity contribution in [3.8, 4) is 0 Å². The molecule has 0 atom stereocenters. The summed E-state index contributed by atoms with van der Waals surface area (Å²) >= 11 is 3.37. The quantitative estimate of drug-likeness (QED) is 0.870. The highest BCUT2D eigenvalue weighted by Crippen LogP contribution is 2.16. The molecule has 0 fully saturated rings. The van der Waals surface area contributed by atoms with E-state index in [2.05, 4.69) is 25.9 Å². The average Bonchev–Trinajstić information content (AvgIpc) is 2.45. The standard InChI is InChI=1S/C14H14BrN3O/c1-18(13-10-12(15)6-9-17-13)14(19)3-2-11-4-7-16-8-5-11/h4-10H,2-3H2,1H3. The zero-order valence-electron chi connectivity index (χ0n) is 10.6. The summed E-state index contributed by atoms with van der Waals surface area (Å²) in [6.07, 6.45) is 6.30. The van der Waals surface area contributed by atoms with Crippen molar-refractivity contribution in [2.75, 3.05) is 11.9 Å². The summed E-state index contributed by atoms with van der Waals surface area (Å²) in [6.45, 7) is 0. The van der Waals surface area contributed by atoms with Gasteiger partial charge < -0.3 is 0 Å². The molecule has 2 heterocycles.